The maximum Gasteiger partial charge on any atom is 0.276 e. The quantitative estimate of drug-likeness (QED) is 0.926. The Bertz CT molecular complexity index is 545. The average molecular weight is 317 g/mol. The first-order valence-corrected chi connectivity index (χ1v) is 9.26. The molecule has 126 valence electrons. The number of rotatable bonds is 3. The lowest BCUT2D eigenvalue weighted by Gasteiger charge is -2.28. The van der Waals surface area contributed by atoms with Gasteiger partial charge in [0, 0.05) is 12.6 Å². The zero-order chi connectivity index (χ0) is 15.6. The second kappa shape index (κ2) is 6.59. The van der Waals surface area contributed by atoms with Crippen LogP contribution >= 0.6 is 0 Å². The van der Waals surface area contributed by atoms with Crippen molar-refractivity contribution >= 4 is 5.91 Å². The van der Waals surface area contributed by atoms with Gasteiger partial charge in [-0.3, -0.25) is 4.79 Å². The van der Waals surface area contributed by atoms with E-state index in [2.05, 4.69) is 20.5 Å². The van der Waals surface area contributed by atoms with Gasteiger partial charge in [-0.05, 0) is 57.5 Å². The van der Waals surface area contributed by atoms with Gasteiger partial charge in [-0.15, -0.1) is 5.10 Å². The fourth-order valence-electron chi connectivity index (χ4n) is 4.65. The van der Waals surface area contributed by atoms with Crippen LogP contribution in [0.1, 0.15) is 67.9 Å². The number of carbonyl (C=O) groups excluding carboxylic acids is 1. The van der Waals surface area contributed by atoms with Gasteiger partial charge in [0.1, 0.15) is 0 Å². The van der Waals surface area contributed by atoms with E-state index in [9.17, 15) is 4.79 Å². The zero-order valence-corrected chi connectivity index (χ0v) is 13.8. The normalized spacial score (nSPS) is 27.0. The summed E-state index contributed by atoms with van der Waals surface area (Å²) in [6, 6.07) is 0.823. The molecule has 1 aromatic heterocycles. The van der Waals surface area contributed by atoms with Gasteiger partial charge in [-0.2, -0.15) is 0 Å². The number of piperidine rings is 1. The Labute approximate surface area is 137 Å². The molecule has 3 aliphatic rings. The van der Waals surface area contributed by atoms with Gasteiger partial charge >= 0.3 is 0 Å². The summed E-state index contributed by atoms with van der Waals surface area (Å²) in [5, 5.41) is 11.8. The minimum atomic E-state index is 0.0968. The van der Waals surface area contributed by atoms with Crippen molar-refractivity contribution in [2.75, 3.05) is 19.6 Å². The van der Waals surface area contributed by atoms with E-state index in [-0.39, 0.29) is 5.91 Å². The van der Waals surface area contributed by atoms with Crippen molar-refractivity contribution in [2.24, 2.45) is 5.92 Å². The van der Waals surface area contributed by atoms with E-state index in [0.29, 0.717) is 23.7 Å². The lowest BCUT2D eigenvalue weighted by Crippen LogP contribution is -2.39. The second-order valence-corrected chi connectivity index (χ2v) is 7.32. The van der Waals surface area contributed by atoms with Crippen LogP contribution in [0.5, 0.6) is 0 Å². The molecule has 1 saturated carbocycles. The van der Waals surface area contributed by atoms with Crippen molar-refractivity contribution in [3.05, 3.63) is 11.9 Å². The second-order valence-electron chi connectivity index (χ2n) is 7.32. The van der Waals surface area contributed by atoms with E-state index in [1.165, 1.54) is 32.1 Å². The molecule has 0 radical (unpaired) electrons. The standard InChI is InChI=1S/C17H27N5O/c23-17(21-11-3-6-16(21)13-4-1-2-5-13)15-12-22(20-19-15)14-7-9-18-10-8-14/h12-14,16,18H,1-11H2. The van der Waals surface area contributed by atoms with E-state index in [0.717, 1.165) is 38.9 Å². The topological polar surface area (TPSA) is 63.1 Å². The van der Waals surface area contributed by atoms with Gasteiger partial charge in [0.05, 0.1) is 12.2 Å². The van der Waals surface area contributed by atoms with Crippen LogP contribution in [0.4, 0.5) is 0 Å². The Kier molecular flexibility index (Phi) is 4.33. The average Bonchev–Trinajstić information content (AvgIpc) is 3.34. The van der Waals surface area contributed by atoms with Gasteiger partial charge in [0.2, 0.25) is 0 Å². The minimum absolute atomic E-state index is 0.0968. The maximum atomic E-state index is 12.9. The molecule has 0 spiro atoms. The third-order valence-electron chi connectivity index (χ3n) is 5.92. The molecule has 1 aromatic rings. The zero-order valence-electron chi connectivity index (χ0n) is 13.8. The fourth-order valence-corrected chi connectivity index (χ4v) is 4.65. The highest BCUT2D eigenvalue weighted by molar-refractivity contribution is 5.92. The van der Waals surface area contributed by atoms with Crippen molar-refractivity contribution in [2.45, 2.75) is 63.5 Å². The summed E-state index contributed by atoms with van der Waals surface area (Å²) in [5.41, 5.74) is 0.536. The Morgan fingerprint density at radius 2 is 1.87 bits per heavy atom. The molecule has 6 heteroatoms. The molecule has 1 atom stereocenters. The van der Waals surface area contributed by atoms with Crippen LogP contribution < -0.4 is 5.32 Å². The smallest absolute Gasteiger partial charge is 0.276 e. The first-order chi connectivity index (χ1) is 11.3. The summed E-state index contributed by atoms with van der Waals surface area (Å²) in [6.07, 6.45) is 11.5. The third-order valence-corrected chi connectivity index (χ3v) is 5.92. The van der Waals surface area contributed by atoms with Crippen LogP contribution in [-0.2, 0) is 0 Å². The first-order valence-electron chi connectivity index (χ1n) is 9.26. The van der Waals surface area contributed by atoms with E-state index >= 15 is 0 Å². The summed E-state index contributed by atoms with van der Waals surface area (Å²) in [5.74, 6) is 0.806. The van der Waals surface area contributed by atoms with Gasteiger partial charge in [0.15, 0.2) is 5.69 Å². The highest BCUT2D eigenvalue weighted by Gasteiger charge is 2.37. The number of hydrogen-bond acceptors (Lipinski definition) is 4. The summed E-state index contributed by atoms with van der Waals surface area (Å²) in [7, 11) is 0. The van der Waals surface area contributed by atoms with Crippen LogP contribution in [0.3, 0.4) is 0 Å². The lowest BCUT2D eigenvalue weighted by molar-refractivity contribution is 0.0683. The van der Waals surface area contributed by atoms with Crippen LogP contribution in [0.15, 0.2) is 6.20 Å². The van der Waals surface area contributed by atoms with Crippen molar-refractivity contribution in [1.82, 2.24) is 25.2 Å². The van der Waals surface area contributed by atoms with Crippen LogP contribution in [0.25, 0.3) is 0 Å². The monoisotopic (exact) mass is 317 g/mol. The first kappa shape index (κ1) is 15.1. The molecular formula is C17H27N5O. The Balaban J connectivity index is 1.46. The van der Waals surface area contributed by atoms with Gasteiger partial charge in [0.25, 0.3) is 5.91 Å². The summed E-state index contributed by atoms with van der Waals surface area (Å²) in [6.45, 7) is 2.92. The minimum Gasteiger partial charge on any atom is -0.334 e. The molecule has 4 rings (SSSR count). The van der Waals surface area contributed by atoms with Crippen molar-refractivity contribution in [3.63, 3.8) is 0 Å². The highest BCUT2D eigenvalue weighted by Crippen LogP contribution is 2.36. The van der Waals surface area contributed by atoms with Crippen molar-refractivity contribution in [1.29, 1.82) is 0 Å². The molecule has 2 saturated heterocycles. The molecule has 1 amide bonds. The van der Waals surface area contributed by atoms with E-state index in [1.54, 1.807) is 0 Å². The highest BCUT2D eigenvalue weighted by atomic mass is 16.2. The molecule has 3 fully saturated rings. The predicted octanol–water partition coefficient (Wildman–Crippen LogP) is 2.00. The van der Waals surface area contributed by atoms with Crippen LogP contribution in [0.2, 0.25) is 0 Å². The molecule has 1 N–H and O–H groups in total. The van der Waals surface area contributed by atoms with Crippen molar-refractivity contribution < 1.29 is 4.79 Å². The molecule has 23 heavy (non-hydrogen) atoms. The summed E-state index contributed by atoms with van der Waals surface area (Å²) >= 11 is 0. The number of likely N-dealkylation sites (tertiary alicyclic amines) is 1. The largest absolute Gasteiger partial charge is 0.334 e. The SMILES string of the molecule is O=C(c1cn(C2CCNCC2)nn1)N1CCCC1C1CCCC1. The Morgan fingerprint density at radius 1 is 1.09 bits per heavy atom. The van der Waals surface area contributed by atoms with E-state index in [1.807, 2.05) is 10.9 Å². The lowest BCUT2D eigenvalue weighted by atomic mass is 9.96. The maximum absolute atomic E-state index is 12.9. The summed E-state index contributed by atoms with van der Waals surface area (Å²) in [4.78, 5) is 15.0. The third kappa shape index (κ3) is 3.01. The van der Waals surface area contributed by atoms with Gasteiger partial charge in [-0.25, -0.2) is 4.68 Å². The number of hydrogen-bond donors (Lipinski definition) is 1. The van der Waals surface area contributed by atoms with Crippen molar-refractivity contribution in [3.8, 4) is 0 Å². The summed E-state index contributed by atoms with van der Waals surface area (Å²) < 4.78 is 1.91. The predicted molar refractivity (Wildman–Crippen MR) is 87.2 cm³/mol. The van der Waals surface area contributed by atoms with Crippen LogP contribution in [0, 0.1) is 5.92 Å². The Hall–Kier alpha value is -1.43. The molecule has 2 aliphatic heterocycles. The fraction of sp³-hybridized carbons (Fsp3) is 0.824. The Morgan fingerprint density at radius 3 is 2.65 bits per heavy atom. The number of aromatic nitrogens is 3. The number of amides is 1. The molecule has 0 aromatic carbocycles. The number of carbonyl (C=O) groups is 1. The van der Waals surface area contributed by atoms with Gasteiger partial charge in [-0.1, -0.05) is 18.1 Å². The van der Waals surface area contributed by atoms with Crippen LogP contribution in [-0.4, -0.2) is 51.5 Å². The number of nitrogens with zero attached hydrogens (tertiary/aromatic N) is 4. The molecule has 0 bridgehead atoms. The molecule has 1 unspecified atom stereocenters. The van der Waals surface area contributed by atoms with Gasteiger partial charge < -0.3 is 10.2 Å². The molecule has 1 aliphatic carbocycles. The number of nitrogens with one attached hydrogen (secondary N) is 1. The molecular weight excluding hydrogens is 290 g/mol. The molecule has 6 nitrogen and oxygen atoms in total. The van der Waals surface area contributed by atoms with E-state index in [4.69, 9.17) is 0 Å². The van der Waals surface area contributed by atoms with E-state index < -0.39 is 0 Å². The molecule has 3 heterocycles.